The molecule has 1 aliphatic rings. The van der Waals surface area contributed by atoms with E-state index in [9.17, 15) is 0 Å². The third kappa shape index (κ3) is 1.73. The molecule has 10 heavy (non-hydrogen) atoms. The lowest BCUT2D eigenvalue weighted by Gasteiger charge is -2.14. The summed E-state index contributed by atoms with van der Waals surface area (Å²) in [4.78, 5) is 0. The SMILES string of the molecule is CC[C@@H](C)C1=CC=CCC1. The highest BCUT2D eigenvalue weighted by Gasteiger charge is 2.05. The lowest BCUT2D eigenvalue weighted by molar-refractivity contribution is 0.622. The fourth-order valence-corrected chi connectivity index (χ4v) is 1.29. The monoisotopic (exact) mass is 136 g/mol. The van der Waals surface area contributed by atoms with Gasteiger partial charge in [0.05, 0.1) is 0 Å². The van der Waals surface area contributed by atoms with Gasteiger partial charge in [0.15, 0.2) is 0 Å². The normalized spacial score (nSPS) is 20.4. The molecule has 0 aromatic rings. The van der Waals surface area contributed by atoms with Crippen molar-refractivity contribution in [3.8, 4) is 0 Å². The Morgan fingerprint density at radius 1 is 1.60 bits per heavy atom. The molecule has 0 nitrogen and oxygen atoms in total. The van der Waals surface area contributed by atoms with Gasteiger partial charge in [-0.05, 0) is 25.2 Å². The Morgan fingerprint density at radius 3 is 2.90 bits per heavy atom. The van der Waals surface area contributed by atoms with E-state index in [2.05, 4.69) is 32.1 Å². The van der Waals surface area contributed by atoms with Crippen molar-refractivity contribution in [1.82, 2.24) is 0 Å². The molecule has 1 atom stereocenters. The third-order valence-corrected chi connectivity index (χ3v) is 2.29. The summed E-state index contributed by atoms with van der Waals surface area (Å²) in [5.41, 5.74) is 1.63. The predicted molar refractivity (Wildman–Crippen MR) is 45.9 cm³/mol. The largest absolute Gasteiger partial charge is 0.0842 e. The van der Waals surface area contributed by atoms with Gasteiger partial charge in [0.2, 0.25) is 0 Å². The van der Waals surface area contributed by atoms with Crippen LogP contribution in [0.25, 0.3) is 0 Å². The molecule has 0 saturated heterocycles. The molecule has 0 N–H and O–H groups in total. The molecule has 0 radical (unpaired) electrons. The van der Waals surface area contributed by atoms with Crippen LogP contribution in [0.3, 0.4) is 0 Å². The highest BCUT2D eigenvalue weighted by molar-refractivity contribution is 5.19. The van der Waals surface area contributed by atoms with E-state index < -0.39 is 0 Å². The molecule has 0 spiro atoms. The third-order valence-electron chi connectivity index (χ3n) is 2.29. The molecule has 0 aromatic carbocycles. The molecular weight excluding hydrogens is 120 g/mol. The van der Waals surface area contributed by atoms with Gasteiger partial charge in [-0.25, -0.2) is 0 Å². The van der Waals surface area contributed by atoms with E-state index in [1.54, 1.807) is 5.57 Å². The van der Waals surface area contributed by atoms with Crippen molar-refractivity contribution in [2.24, 2.45) is 5.92 Å². The number of hydrogen-bond acceptors (Lipinski definition) is 0. The summed E-state index contributed by atoms with van der Waals surface area (Å²) in [5.74, 6) is 0.796. The second kappa shape index (κ2) is 3.60. The van der Waals surface area contributed by atoms with Gasteiger partial charge in [-0.2, -0.15) is 0 Å². The summed E-state index contributed by atoms with van der Waals surface area (Å²) >= 11 is 0. The predicted octanol–water partition coefficient (Wildman–Crippen LogP) is 3.31. The van der Waals surface area contributed by atoms with Gasteiger partial charge < -0.3 is 0 Å². The van der Waals surface area contributed by atoms with Crippen LogP contribution in [0.1, 0.15) is 33.1 Å². The molecule has 1 aliphatic carbocycles. The van der Waals surface area contributed by atoms with Gasteiger partial charge >= 0.3 is 0 Å². The van der Waals surface area contributed by atoms with Crippen LogP contribution in [-0.4, -0.2) is 0 Å². The fourth-order valence-electron chi connectivity index (χ4n) is 1.29. The van der Waals surface area contributed by atoms with Gasteiger partial charge in [-0.15, -0.1) is 0 Å². The average molecular weight is 136 g/mol. The maximum atomic E-state index is 2.31. The first-order valence-corrected chi connectivity index (χ1v) is 4.20. The van der Waals surface area contributed by atoms with Crippen molar-refractivity contribution < 1.29 is 0 Å². The Hall–Kier alpha value is -0.520. The maximum absolute atomic E-state index is 2.31. The Morgan fingerprint density at radius 2 is 2.40 bits per heavy atom. The summed E-state index contributed by atoms with van der Waals surface area (Å²) in [7, 11) is 0. The molecule has 56 valence electrons. The van der Waals surface area contributed by atoms with Gasteiger partial charge in [-0.1, -0.05) is 37.6 Å². The first-order valence-electron chi connectivity index (χ1n) is 4.20. The molecule has 0 aromatic heterocycles. The number of hydrogen-bond donors (Lipinski definition) is 0. The van der Waals surface area contributed by atoms with Crippen molar-refractivity contribution in [3.05, 3.63) is 23.8 Å². The zero-order valence-corrected chi connectivity index (χ0v) is 6.93. The summed E-state index contributed by atoms with van der Waals surface area (Å²) < 4.78 is 0. The minimum atomic E-state index is 0.796. The minimum absolute atomic E-state index is 0.796. The van der Waals surface area contributed by atoms with Gasteiger partial charge in [0, 0.05) is 0 Å². The second-order valence-electron chi connectivity index (χ2n) is 3.02. The molecule has 0 unspecified atom stereocenters. The van der Waals surface area contributed by atoms with Crippen LogP contribution in [0, 0.1) is 5.92 Å². The van der Waals surface area contributed by atoms with Crippen molar-refractivity contribution in [2.45, 2.75) is 33.1 Å². The zero-order valence-electron chi connectivity index (χ0n) is 6.93. The molecule has 0 saturated carbocycles. The topological polar surface area (TPSA) is 0 Å². The van der Waals surface area contributed by atoms with Crippen LogP contribution < -0.4 is 0 Å². The summed E-state index contributed by atoms with van der Waals surface area (Å²) in [5, 5.41) is 0. The molecule has 1 rings (SSSR count). The molecule has 0 amide bonds. The van der Waals surface area contributed by atoms with Crippen LogP contribution in [0.4, 0.5) is 0 Å². The smallest absolute Gasteiger partial charge is 0.0231 e. The highest BCUT2D eigenvalue weighted by Crippen LogP contribution is 2.22. The van der Waals surface area contributed by atoms with E-state index in [0.29, 0.717) is 0 Å². The van der Waals surface area contributed by atoms with E-state index >= 15 is 0 Å². The molecular formula is C10H16. The minimum Gasteiger partial charge on any atom is -0.0842 e. The van der Waals surface area contributed by atoms with Crippen LogP contribution in [0.15, 0.2) is 23.8 Å². The number of allylic oxidation sites excluding steroid dienone is 4. The molecule has 0 heteroatoms. The van der Waals surface area contributed by atoms with Crippen LogP contribution in [-0.2, 0) is 0 Å². The zero-order chi connectivity index (χ0) is 7.40. The maximum Gasteiger partial charge on any atom is -0.0231 e. The average Bonchev–Trinajstić information content (AvgIpc) is 2.05. The van der Waals surface area contributed by atoms with Crippen molar-refractivity contribution in [2.75, 3.05) is 0 Å². The van der Waals surface area contributed by atoms with E-state index in [4.69, 9.17) is 0 Å². The summed E-state index contributed by atoms with van der Waals surface area (Å²) in [6.07, 6.45) is 10.5. The quantitative estimate of drug-likeness (QED) is 0.546. The Kier molecular flexibility index (Phi) is 2.73. The summed E-state index contributed by atoms with van der Waals surface area (Å²) in [6, 6.07) is 0. The lowest BCUT2D eigenvalue weighted by Crippen LogP contribution is -1.98. The second-order valence-corrected chi connectivity index (χ2v) is 3.02. The van der Waals surface area contributed by atoms with Crippen LogP contribution in [0.5, 0.6) is 0 Å². The molecule has 0 bridgehead atoms. The summed E-state index contributed by atoms with van der Waals surface area (Å²) in [6.45, 7) is 4.56. The first-order chi connectivity index (χ1) is 4.84. The Bertz CT molecular complexity index is 151. The first kappa shape index (κ1) is 7.59. The van der Waals surface area contributed by atoms with Crippen molar-refractivity contribution in [1.29, 1.82) is 0 Å². The van der Waals surface area contributed by atoms with E-state index in [1.807, 2.05) is 0 Å². The Balaban J connectivity index is 2.53. The van der Waals surface area contributed by atoms with Crippen LogP contribution >= 0.6 is 0 Å². The standard InChI is InChI=1S/C10H16/c1-3-9(2)10-7-5-4-6-8-10/h4-5,7,9H,3,6,8H2,1-2H3/t9-/m1/s1. The van der Waals surface area contributed by atoms with E-state index in [-0.39, 0.29) is 0 Å². The molecule has 0 fully saturated rings. The van der Waals surface area contributed by atoms with Crippen molar-refractivity contribution in [3.63, 3.8) is 0 Å². The van der Waals surface area contributed by atoms with E-state index in [0.717, 1.165) is 5.92 Å². The Labute approximate surface area is 63.6 Å². The lowest BCUT2D eigenvalue weighted by atomic mass is 9.92. The van der Waals surface area contributed by atoms with Gasteiger partial charge in [0.25, 0.3) is 0 Å². The highest BCUT2D eigenvalue weighted by atomic mass is 14.1. The fraction of sp³-hybridized carbons (Fsp3) is 0.600. The molecule has 0 heterocycles. The van der Waals surface area contributed by atoms with Crippen LogP contribution in [0.2, 0.25) is 0 Å². The number of rotatable bonds is 2. The van der Waals surface area contributed by atoms with Crippen molar-refractivity contribution >= 4 is 0 Å². The van der Waals surface area contributed by atoms with Gasteiger partial charge in [-0.3, -0.25) is 0 Å². The molecule has 0 aliphatic heterocycles. The van der Waals surface area contributed by atoms with Gasteiger partial charge in [0.1, 0.15) is 0 Å². The van der Waals surface area contributed by atoms with E-state index in [1.165, 1.54) is 19.3 Å².